The van der Waals surface area contributed by atoms with E-state index in [1.165, 1.54) is 0 Å². The van der Waals surface area contributed by atoms with E-state index in [0.29, 0.717) is 23.8 Å². The van der Waals surface area contributed by atoms with Crippen LogP contribution >= 0.6 is 11.6 Å². The van der Waals surface area contributed by atoms with Crippen molar-refractivity contribution in [2.24, 2.45) is 0 Å². The number of carbonyl (C=O) groups excluding carboxylic acids is 1. The number of amides is 2. The number of hydrogen-bond acceptors (Lipinski definition) is 3. The number of hydrogen-bond donors (Lipinski definition) is 2. The minimum Gasteiger partial charge on any atom is -0.395 e. The third-order valence-electron chi connectivity index (χ3n) is 3.37. The summed E-state index contributed by atoms with van der Waals surface area (Å²) in [5, 5.41) is 12.4. The number of carbonyl (C=O) groups is 1. The van der Waals surface area contributed by atoms with Crippen molar-refractivity contribution in [2.45, 2.75) is 6.42 Å². The summed E-state index contributed by atoms with van der Waals surface area (Å²) in [6, 6.07) is 7.03. The Hall–Kier alpha value is -1.30. The van der Waals surface area contributed by atoms with Gasteiger partial charge < -0.3 is 15.3 Å². The molecular formula is C14H20ClN3O2. The fourth-order valence-electron chi connectivity index (χ4n) is 2.31. The molecule has 0 radical (unpaired) electrons. The normalized spacial score (nSPS) is 16.8. The molecule has 0 spiro atoms. The van der Waals surface area contributed by atoms with Crippen LogP contribution in [0.5, 0.6) is 0 Å². The van der Waals surface area contributed by atoms with E-state index in [1.807, 2.05) is 12.1 Å². The van der Waals surface area contributed by atoms with Gasteiger partial charge in [0.05, 0.1) is 6.61 Å². The molecule has 0 atom stereocenters. The minimum absolute atomic E-state index is 0.0990. The van der Waals surface area contributed by atoms with E-state index in [2.05, 4.69) is 10.2 Å². The Kier molecular flexibility index (Phi) is 5.64. The summed E-state index contributed by atoms with van der Waals surface area (Å²) in [5.41, 5.74) is 0.707. The smallest absolute Gasteiger partial charge is 0.321 e. The van der Waals surface area contributed by atoms with Crippen LogP contribution in [0.4, 0.5) is 10.5 Å². The molecule has 20 heavy (non-hydrogen) atoms. The van der Waals surface area contributed by atoms with Crippen molar-refractivity contribution in [3.05, 3.63) is 29.3 Å². The molecule has 6 heteroatoms. The first kappa shape index (κ1) is 15.1. The topological polar surface area (TPSA) is 55.8 Å². The van der Waals surface area contributed by atoms with Crippen LogP contribution in [0.15, 0.2) is 24.3 Å². The first-order chi connectivity index (χ1) is 9.69. The highest BCUT2D eigenvalue weighted by Crippen LogP contribution is 2.15. The number of nitrogens with one attached hydrogen (secondary N) is 1. The SMILES string of the molecule is O=C(Nc1cccc(Cl)c1)N1CCCN(CCO)CC1. The monoisotopic (exact) mass is 297 g/mol. The van der Waals surface area contributed by atoms with Crippen molar-refractivity contribution >= 4 is 23.3 Å². The number of halogens is 1. The largest absolute Gasteiger partial charge is 0.395 e. The lowest BCUT2D eigenvalue weighted by molar-refractivity contribution is 0.194. The third-order valence-corrected chi connectivity index (χ3v) is 3.60. The predicted octanol–water partition coefficient (Wildman–Crippen LogP) is 1.87. The van der Waals surface area contributed by atoms with E-state index in [9.17, 15) is 4.79 Å². The first-order valence-electron chi connectivity index (χ1n) is 6.84. The van der Waals surface area contributed by atoms with Gasteiger partial charge in [0, 0.05) is 36.9 Å². The lowest BCUT2D eigenvalue weighted by Crippen LogP contribution is -2.38. The third kappa shape index (κ3) is 4.37. The molecular weight excluding hydrogens is 278 g/mol. The highest BCUT2D eigenvalue weighted by molar-refractivity contribution is 6.30. The molecule has 1 aromatic carbocycles. The van der Waals surface area contributed by atoms with E-state index >= 15 is 0 Å². The van der Waals surface area contributed by atoms with Gasteiger partial charge in [-0.3, -0.25) is 4.90 Å². The molecule has 1 aromatic rings. The second kappa shape index (κ2) is 7.47. The van der Waals surface area contributed by atoms with E-state index in [0.717, 1.165) is 26.1 Å². The van der Waals surface area contributed by atoms with Crippen molar-refractivity contribution in [1.29, 1.82) is 0 Å². The standard InChI is InChI=1S/C14H20ClN3O2/c15-12-3-1-4-13(11-12)16-14(20)18-6-2-5-17(7-8-18)9-10-19/h1,3-4,11,19H,2,5-10H2,(H,16,20). The summed E-state index contributed by atoms with van der Waals surface area (Å²) < 4.78 is 0. The lowest BCUT2D eigenvalue weighted by atomic mass is 10.3. The highest BCUT2D eigenvalue weighted by Gasteiger charge is 2.18. The van der Waals surface area contributed by atoms with Gasteiger partial charge in [-0.25, -0.2) is 4.79 Å². The van der Waals surface area contributed by atoms with Gasteiger partial charge in [0.1, 0.15) is 0 Å². The maximum atomic E-state index is 12.2. The molecule has 2 rings (SSSR count). The number of nitrogens with zero attached hydrogens (tertiary/aromatic N) is 2. The number of aliphatic hydroxyl groups excluding tert-OH is 1. The zero-order chi connectivity index (χ0) is 14.4. The molecule has 110 valence electrons. The van der Waals surface area contributed by atoms with Crippen LogP contribution in [0.1, 0.15) is 6.42 Å². The molecule has 1 heterocycles. The Morgan fingerprint density at radius 2 is 2.15 bits per heavy atom. The molecule has 2 amide bonds. The zero-order valence-electron chi connectivity index (χ0n) is 11.4. The summed E-state index contributed by atoms with van der Waals surface area (Å²) in [7, 11) is 0. The maximum absolute atomic E-state index is 12.2. The van der Waals surface area contributed by atoms with Crippen molar-refractivity contribution in [2.75, 3.05) is 44.6 Å². The molecule has 0 bridgehead atoms. The Bertz CT molecular complexity index is 456. The van der Waals surface area contributed by atoms with Crippen LogP contribution < -0.4 is 5.32 Å². The van der Waals surface area contributed by atoms with Crippen LogP contribution in [-0.2, 0) is 0 Å². The average molecular weight is 298 g/mol. The van der Waals surface area contributed by atoms with Gasteiger partial charge in [-0.15, -0.1) is 0 Å². The van der Waals surface area contributed by atoms with Gasteiger partial charge in [-0.05, 0) is 31.2 Å². The van der Waals surface area contributed by atoms with Gasteiger partial charge in [-0.2, -0.15) is 0 Å². The predicted molar refractivity (Wildman–Crippen MR) is 80.2 cm³/mol. The molecule has 1 aliphatic rings. The summed E-state index contributed by atoms with van der Waals surface area (Å²) in [5.74, 6) is 0. The molecule has 0 aliphatic carbocycles. The fourth-order valence-corrected chi connectivity index (χ4v) is 2.50. The fraction of sp³-hybridized carbons (Fsp3) is 0.500. The van der Waals surface area contributed by atoms with E-state index in [4.69, 9.17) is 16.7 Å². The number of rotatable bonds is 3. The van der Waals surface area contributed by atoms with Crippen LogP contribution in [0.25, 0.3) is 0 Å². The molecule has 5 nitrogen and oxygen atoms in total. The second-order valence-electron chi connectivity index (χ2n) is 4.85. The van der Waals surface area contributed by atoms with E-state index < -0.39 is 0 Å². The Labute approximate surface area is 124 Å². The number of benzene rings is 1. The Morgan fingerprint density at radius 3 is 2.90 bits per heavy atom. The molecule has 2 N–H and O–H groups in total. The molecule has 1 saturated heterocycles. The maximum Gasteiger partial charge on any atom is 0.321 e. The van der Waals surface area contributed by atoms with Crippen molar-refractivity contribution in [3.8, 4) is 0 Å². The lowest BCUT2D eigenvalue weighted by Gasteiger charge is -2.22. The summed E-state index contributed by atoms with van der Waals surface area (Å²) in [6.07, 6.45) is 0.920. The number of β-amino-alcohol motifs (C(OH)–C–C–N with tert-alkyl or cyclic N) is 1. The Morgan fingerprint density at radius 1 is 1.30 bits per heavy atom. The number of urea groups is 1. The van der Waals surface area contributed by atoms with Gasteiger partial charge in [-0.1, -0.05) is 17.7 Å². The van der Waals surface area contributed by atoms with Crippen molar-refractivity contribution < 1.29 is 9.90 Å². The summed E-state index contributed by atoms with van der Waals surface area (Å²) in [4.78, 5) is 16.2. The van der Waals surface area contributed by atoms with Gasteiger partial charge in [0.2, 0.25) is 0 Å². The first-order valence-corrected chi connectivity index (χ1v) is 7.21. The molecule has 0 saturated carbocycles. The van der Waals surface area contributed by atoms with Crippen LogP contribution in [0.3, 0.4) is 0 Å². The summed E-state index contributed by atoms with van der Waals surface area (Å²) in [6.45, 7) is 3.95. The van der Waals surface area contributed by atoms with E-state index in [-0.39, 0.29) is 12.6 Å². The molecule has 0 aromatic heterocycles. The minimum atomic E-state index is -0.0990. The van der Waals surface area contributed by atoms with E-state index in [1.54, 1.807) is 17.0 Å². The number of aliphatic hydroxyl groups is 1. The van der Waals surface area contributed by atoms with Gasteiger partial charge >= 0.3 is 6.03 Å². The summed E-state index contributed by atoms with van der Waals surface area (Å²) >= 11 is 5.90. The van der Waals surface area contributed by atoms with Gasteiger partial charge in [0.15, 0.2) is 0 Å². The number of anilines is 1. The molecule has 0 unspecified atom stereocenters. The molecule has 1 aliphatic heterocycles. The van der Waals surface area contributed by atoms with Crippen molar-refractivity contribution in [1.82, 2.24) is 9.80 Å². The van der Waals surface area contributed by atoms with Crippen LogP contribution in [0.2, 0.25) is 5.02 Å². The van der Waals surface area contributed by atoms with Crippen LogP contribution in [-0.4, -0.2) is 60.3 Å². The van der Waals surface area contributed by atoms with Crippen molar-refractivity contribution in [3.63, 3.8) is 0 Å². The quantitative estimate of drug-likeness (QED) is 0.895. The highest BCUT2D eigenvalue weighted by atomic mass is 35.5. The molecule has 1 fully saturated rings. The second-order valence-corrected chi connectivity index (χ2v) is 5.28. The zero-order valence-corrected chi connectivity index (χ0v) is 12.1. The average Bonchev–Trinajstić information content (AvgIpc) is 2.65. The van der Waals surface area contributed by atoms with Crippen LogP contribution in [0, 0.1) is 0 Å². The Balaban J connectivity index is 1.89. The van der Waals surface area contributed by atoms with Gasteiger partial charge in [0.25, 0.3) is 0 Å².